The minimum Gasteiger partial charge on any atom is -0.505 e. The van der Waals surface area contributed by atoms with Gasteiger partial charge in [0.1, 0.15) is 11.5 Å². The Bertz CT molecular complexity index is 867. The van der Waals surface area contributed by atoms with E-state index in [9.17, 15) is 9.90 Å². The third-order valence-corrected chi connectivity index (χ3v) is 3.32. The molecule has 1 aromatic carbocycles. The molecule has 0 fully saturated rings. The molecule has 2 heterocycles. The van der Waals surface area contributed by atoms with Crippen LogP contribution in [0.1, 0.15) is 17.4 Å². The van der Waals surface area contributed by atoms with Crippen LogP contribution >= 0.6 is 0 Å². The number of para-hydroxylation sites is 1. The van der Waals surface area contributed by atoms with Crippen molar-refractivity contribution in [2.75, 3.05) is 6.54 Å². The molecule has 0 atom stereocenters. The minimum atomic E-state index is -0.427. The topological polar surface area (TPSA) is 97.2 Å². The van der Waals surface area contributed by atoms with Gasteiger partial charge in [-0.25, -0.2) is 4.98 Å². The van der Waals surface area contributed by atoms with E-state index in [1.807, 2.05) is 30.3 Å². The van der Waals surface area contributed by atoms with Crippen molar-refractivity contribution in [3.63, 3.8) is 0 Å². The number of carbonyl (C=O) groups excluding carboxylic acids is 1. The van der Waals surface area contributed by atoms with Crippen molar-refractivity contribution in [2.45, 2.75) is 6.92 Å². The SMILES string of the molecule is CCNC(=O)c1ncc(-c2ccc(Oc3ccccc3)nn2)cc1O. The minimum absolute atomic E-state index is 0.0254. The van der Waals surface area contributed by atoms with Gasteiger partial charge in [0.05, 0.1) is 5.69 Å². The summed E-state index contributed by atoms with van der Waals surface area (Å²) in [6, 6.07) is 14.1. The van der Waals surface area contributed by atoms with Crippen LogP contribution in [0.2, 0.25) is 0 Å². The first-order valence-corrected chi connectivity index (χ1v) is 7.71. The lowest BCUT2D eigenvalue weighted by molar-refractivity contribution is 0.0948. The number of nitrogens with zero attached hydrogens (tertiary/aromatic N) is 3. The second kappa shape index (κ2) is 7.39. The monoisotopic (exact) mass is 336 g/mol. The maximum Gasteiger partial charge on any atom is 0.273 e. The molecular formula is C18H16N4O3. The van der Waals surface area contributed by atoms with E-state index >= 15 is 0 Å². The van der Waals surface area contributed by atoms with Gasteiger partial charge in [-0.2, -0.15) is 0 Å². The molecule has 126 valence electrons. The van der Waals surface area contributed by atoms with E-state index in [-0.39, 0.29) is 11.4 Å². The first-order chi connectivity index (χ1) is 12.2. The zero-order chi connectivity index (χ0) is 17.6. The van der Waals surface area contributed by atoms with Gasteiger partial charge in [-0.05, 0) is 31.2 Å². The second-order valence-electron chi connectivity index (χ2n) is 5.12. The summed E-state index contributed by atoms with van der Waals surface area (Å²) < 4.78 is 5.58. The summed E-state index contributed by atoms with van der Waals surface area (Å²) in [4.78, 5) is 15.8. The average Bonchev–Trinajstić information content (AvgIpc) is 2.63. The van der Waals surface area contributed by atoms with Gasteiger partial charge in [0.2, 0.25) is 5.88 Å². The van der Waals surface area contributed by atoms with Gasteiger partial charge in [0.15, 0.2) is 5.69 Å². The normalized spacial score (nSPS) is 10.3. The fourth-order valence-electron chi connectivity index (χ4n) is 2.15. The number of ether oxygens (including phenoxy) is 1. The molecule has 0 spiro atoms. The molecule has 2 N–H and O–H groups in total. The van der Waals surface area contributed by atoms with Crippen molar-refractivity contribution in [2.24, 2.45) is 0 Å². The fourth-order valence-corrected chi connectivity index (χ4v) is 2.15. The van der Waals surface area contributed by atoms with E-state index in [1.54, 1.807) is 19.1 Å². The number of nitrogens with one attached hydrogen (secondary N) is 1. The van der Waals surface area contributed by atoms with Crippen molar-refractivity contribution in [1.29, 1.82) is 0 Å². The smallest absolute Gasteiger partial charge is 0.273 e. The number of pyridine rings is 1. The summed E-state index contributed by atoms with van der Waals surface area (Å²) in [5.41, 5.74) is 1.03. The van der Waals surface area contributed by atoms with Crippen molar-refractivity contribution in [3.8, 4) is 28.6 Å². The number of carbonyl (C=O) groups is 1. The summed E-state index contributed by atoms with van der Waals surface area (Å²) in [6.45, 7) is 2.24. The molecule has 0 aliphatic rings. The van der Waals surface area contributed by atoms with Crippen LogP contribution in [0.15, 0.2) is 54.7 Å². The molecule has 0 saturated heterocycles. The van der Waals surface area contributed by atoms with Crippen LogP contribution in [-0.4, -0.2) is 32.7 Å². The van der Waals surface area contributed by atoms with Gasteiger partial charge in [-0.1, -0.05) is 18.2 Å². The van der Waals surface area contributed by atoms with Gasteiger partial charge in [0, 0.05) is 24.4 Å². The van der Waals surface area contributed by atoms with Gasteiger partial charge < -0.3 is 15.2 Å². The van der Waals surface area contributed by atoms with Crippen LogP contribution in [0.25, 0.3) is 11.3 Å². The van der Waals surface area contributed by atoms with Gasteiger partial charge in [-0.3, -0.25) is 4.79 Å². The molecule has 1 amide bonds. The highest BCUT2D eigenvalue weighted by atomic mass is 16.5. The van der Waals surface area contributed by atoms with Crippen LogP contribution in [0.4, 0.5) is 0 Å². The number of hydrogen-bond acceptors (Lipinski definition) is 6. The number of rotatable bonds is 5. The Balaban J connectivity index is 1.78. The molecule has 3 rings (SSSR count). The number of amides is 1. The van der Waals surface area contributed by atoms with E-state index in [0.717, 1.165) is 0 Å². The summed E-state index contributed by atoms with van der Waals surface area (Å²) in [5, 5.41) is 20.7. The molecule has 3 aromatic rings. The summed E-state index contributed by atoms with van der Waals surface area (Å²) in [5.74, 6) is 0.375. The number of hydrogen-bond donors (Lipinski definition) is 2. The van der Waals surface area contributed by atoms with Crippen molar-refractivity contribution >= 4 is 5.91 Å². The number of benzene rings is 1. The van der Waals surface area contributed by atoms with Crippen molar-refractivity contribution in [3.05, 3.63) is 60.4 Å². The molecule has 0 unspecified atom stereocenters. The highest BCUT2D eigenvalue weighted by molar-refractivity contribution is 5.95. The van der Waals surface area contributed by atoms with E-state index in [2.05, 4.69) is 20.5 Å². The van der Waals surface area contributed by atoms with Crippen LogP contribution in [-0.2, 0) is 0 Å². The standard InChI is InChI=1S/C18H16N4O3/c1-2-19-18(24)17-15(23)10-12(11-20-17)14-8-9-16(22-21-14)25-13-6-4-3-5-7-13/h3-11,23H,2H2,1H3,(H,19,24). The highest BCUT2D eigenvalue weighted by Crippen LogP contribution is 2.25. The summed E-state index contributed by atoms with van der Waals surface area (Å²) in [6.07, 6.45) is 1.46. The van der Waals surface area contributed by atoms with Gasteiger partial charge in [-0.15, -0.1) is 10.2 Å². The Kier molecular flexibility index (Phi) is 4.84. The molecular weight excluding hydrogens is 320 g/mol. The Morgan fingerprint density at radius 3 is 2.60 bits per heavy atom. The third kappa shape index (κ3) is 3.89. The molecule has 0 bridgehead atoms. The van der Waals surface area contributed by atoms with Crippen LogP contribution in [0.3, 0.4) is 0 Å². The maximum absolute atomic E-state index is 11.8. The Morgan fingerprint density at radius 1 is 1.16 bits per heavy atom. The molecule has 0 aliphatic heterocycles. The Morgan fingerprint density at radius 2 is 1.96 bits per heavy atom. The zero-order valence-electron chi connectivity index (χ0n) is 13.5. The van der Waals surface area contributed by atoms with E-state index < -0.39 is 5.91 Å². The second-order valence-corrected chi connectivity index (χ2v) is 5.12. The fraction of sp³-hybridized carbons (Fsp3) is 0.111. The Hall–Kier alpha value is -3.48. The quantitative estimate of drug-likeness (QED) is 0.743. The van der Waals surface area contributed by atoms with Gasteiger partial charge >= 0.3 is 0 Å². The highest BCUT2D eigenvalue weighted by Gasteiger charge is 2.14. The van der Waals surface area contributed by atoms with Crippen molar-refractivity contribution < 1.29 is 14.6 Å². The zero-order valence-corrected chi connectivity index (χ0v) is 13.5. The lowest BCUT2D eigenvalue weighted by Gasteiger charge is -2.07. The molecule has 0 radical (unpaired) electrons. The molecule has 7 nitrogen and oxygen atoms in total. The molecule has 0 saturated carbocycles. The van der Waals surface area contributed by atoms with E-state index in [1.165, 1.54) is 12.3 Å². The van der Waals surface area contributed by atoms with Crippen LogP contribution in [0, 0.1) is 0 Å². The number of aromatic hydroxyl groups is 1. The first kappa shape index (κ1) is 16.4. The summed E-state index contributed by atoms with van der Waals surface area (Å²) >= 11 is 0. The third-order valence-electron chi connectivity index (χ3n) is 3.32. The van der Waals surface area contributed by atoms with E-state index in [4.69, 9.17) is 4.74 Å². The molecule has 0 aliphatic carbocycles. The Labute approximate surface area is 144 Å². The molecule has 7 heteroatoms. The average molecular weight is 336 g/mol. The number of aromatic nitrogens is 3. The predicted octanol–water partition coefficient (Wildman–Crippen LogP) is 2.79. The van der Waals surface area contributed by atoms with Crippen molar-refractivity contribution in [1.82, 2.24) is 20.5 Å². The molecule has 25 heavy (non-hydrogen) atoms. The lowest BCUT2D eigenvalue weighted by atomic mass is 10.1. The predicted molar refractivity (Wildman–Crippen MR) is 91.5 cm³/mol. The first-order valence-electron chi connectivity index (χ1n) is 7.71. The van der Waals surface area contributed by atoms with Crippen LogP contribution in [0.5, 0.6) is 17.4 Å². The van der Waals surface area contributed by atoms with E-state index in [0.29, 0.717) is 29.4 Å². The lowest BCUT2D eigenvalue weighted by Crippen LogP contribution is -2.23. The largest absolute Gasteiger partial charge is 0.505 e. The summed E-state index contributed by atoms with van der Waals surface area (Å²) in [7, 11) is 0. The molecule has 2 aromatic heterocycles. The van der Waals surface area contributed by atoms with Crippen LogP contribution < -0.4 is 10.1 Å². The van der Waals surface area contributed by atoms with Gasteiger partial charge in [0.25, 0.3) is 5.91 Å². The maximum atomic E-state index is 11.8.